The van der Waals surface area contributed by atoms with Crippen LogP contribution in [0.1, 0.15) is 52.4 Å². The van der Waals surface area contributed by atoms with Crippen LogP contribution in [0.5, 0.6) is 0 Å². The maximum atomic E-state index is 5.58. The molecule has 0 saturated heterocycles. The van der Waals surface area contributed by atoms with E-state index in [1.807, 2.05) is 12.1 Å². The number of benzene rings is 1. The van der Waals surface area contributed by atoms with Crippen LogP contribution in [0.2, 0.25) is 10.0 Å². The van der Waals surface area contributed by atoms with Crippen molar-refractivity contribution < 1.29 is 9.78 Å². The minimum Gasteiger partial charge on any atom is -0.237 e. The maximum Gasteiger partial charge on any atom is 0.0822 e. The molecule has 0 atom stereocenters. The quantitative estimate of drug-likeness (QED) is 0.301. The van der Waals surface area contributed by atoms with Crippen LogP contribution in [0, 0.1) is 0 Å². The van der Waals surface area contributed by atoms with Gasteiger partial charge >= 0.3 is 0 Å². The fourth-order valence-corrected chi connectivity index (χ4v) is 1.65. The van der Waals surface area contributed by atoms with Crippen molar-refractivity contribution in [2.45, 2.75) is 52.4 Å². The van der Waals surface area contributed by atoms with Crippen LogP contribution in [0.3, 0.4) is 0 Å². The molecule has 0 aliphatic rings. The van der Waals surface area contributed by atoms with E-state index >= 15 is 0 Å². The highest BCUT2D eigenvalue weighted by atomic mass is 35.5. The van der Waals surface area contributed by atoms with Gasteiger partial charge < -0.3 is 0 Å². The second kappa shape index (κ2) is 15.1. The highest BCUT2D eigenvalue weighted by molar-refractivity contribution is 6.41. The molecule has 1 aromatic carbocycles. The fourth-order valence-electron chi connectivity index (χ4n) is 1.38. The molecule has 0 fully saturated rings. The van der Waals surface area contributed by atoms with E-state index in [0.717, 1.165) is 26.1 Å². The molecule has 0 amide bonds. The van der Waals surface area contributed by atoms with Crippen LogP contribution in [0.4, 0.5) is 0 Å². The summed E-state index contributed by atoms with van der Waals surface area (Å²) < 4.78 is 0. The van der Waals surface area contributed by atoms with Gasteiger partial charge in [0.1, 0.15) is 0 Å². The molecule has 0 saturated carbocycles. The van der Waals surface area contributed by atoms with Crippen LogP contribution < -0.4 is 0 Å². The van der Waals surface area contributed by atoms with E-state index in [9.17, 15) is 0 Å². The van der Waals surface area contributed by atoms with Crippen molar-refractivity contribution in [1.29, 1.82) is 0 Å². The van der Waals surface area contributed by atoms with Gasteiger partial charge in [0.05, 0.1) is 23.3 Å². The third-order valence-electron chi connectivity index (χ3n) is 2.57. The van der Waals surface area contributed by atoms with Gasteiger partial charge in [-0.15, -0.1) is 0 Å². The zero-order valence-electron chi connectivity index (χ0n) is 12.5. The van der Waals surface area contributed by atoms with E-state index in [4.69, 9.17) is 33.0 Å². The first-order chi connectivity index (χ1) is 9.72. The molecule has 0 aliphatic carbocycles. The monoisotopic (exact) mass is 320 g/mol. The van der Waals surface area contributed by atoms with Crippen molar-refractivity contribution in [2.75, 3.05) is 13.2 Å². The molecule has 0 aromatic heterocycles. The lowest BCUT2D eigenvalue weighted by atomic mass is 10.3. The molecule has 1 aromatic rings. The average molecular weight is 321 g/mol. The Hall–Kier alpha value is -0.280. The van der Waals surface area contributed by atoms with Crippen LogP contribution in [-0.4, -0.2) is 13.2 Å². The third kappa shape index (κ3) is 12.7. The number of unbranched alkanes of at least 4 members (excludes halogenated alkanes) is 4. The minimum atomic E-state index is 0.606. The summed E-state index contributed by atoms with van der Waals surface area (Å²) in [6, 6.07) is 7.19. The molecular weight excluding hydrogens is 295 g/mol. The van der Waals surface area contributed by atoms with E-state index in [-0.39, 0.29) is 0 Å². The minimum absolute atomic E-state index is 0.606. The highest BCUT2D eigenvalue weighted by Crippen LogP contribution is 2.19. The molecule has 0 heterocycles. The molecule has 2 nitrogen and oxygen atoms in total. The lowest BCUT2D eigenvalue weighted by Gasteiger charge is -2.02. The van der Waals surface area contributed by atoms with Gasteiger partial charge in [0.25, 0.3) is 0 Å². The molecule has 4 heteroatoms. The summed E-state index contributed by atoms with van der Waals surface area (Å²) in [5.74, 6) is 0. The fraction of sp³-hybridized carbons (Fsp3) is 0.625. The number of hydrogen-bond donors (Lipinski definition) is 0. The molecule has 0 radical (unpaired) electrons. The Morgan fingerprint density at radius 2 is 1.15 bits per heavy atom. The van der Waals surface area contributed by atoms with E-state index in [2.05, 4.69) is 13.8 Å². The van der Waals surface area contributed by atoms with Gasteiger partial charge in [0.15, 0.2) is 0 Å². The Morgan fingerprint density at radius 1 is 0.750 bits per heavy atom. The molecule has 0 bridgehead atoms. The number of rotatable bonds is 9. The van der Waals surface area contributed by atoms with Crippen LogP contribution in [0.25, 0.3) is 0 Å². The average Bonchev–Trinajstić information content (AvgIpc) is 2.46. The van der Waals surface area contributed by atoms with Gasteiger partial charge in [-0.1, -0.05) is 74.9 Å². The third-order valence-corrected chi connectivity index (χ3v) is 3.33. The second-order valence-electron chi connectivity index (χ2n) is 4.47. The van der Waals surface area contributed by atoms with Crippen molar-refractivity contribution in [1.82, 2.24) is 0 Å². The Labute approximate surface area is 133 Å². The molecule has 20 heavy (non-hydrogen) atoms. The van der Waals surface area contributed by atoms with Crippen LogP contribution >= 0.6 is 23.2 Å². The van der Waals surface area contributed by atoms with Gasteiger partial charge in [-0.2, -0.15) is 0 Å². The van der Waals surface area contributed by atoms with Crippen LogP contribution in [0.15, 0.2) is 24.3 Å². The predicted octanol–water partition coefficient (Wildman–Crippen LogP) is 6.31. The van der Waals surface area contributed by atoms with Gasteiger partial charge in [-0.05, 0) is 25.0 Å². The lowest BCUT2D eigenvalue weighted by Crippen LogP contribution is -1.98. The smallest absolute Gasteiger partial charge is 0.0822 e. The summed E-state index contributed by atoms with van der Waals surface area (Å²) in [6.07, 6.45) is 7.17. The predicted molar refractivity (Wildman–Crippen MR) is 87.4 cm³/mol. The van der Waals surface area contributed by atoms with E-state index in [1.165, 1.54) is 25.7 Å². The summed E-state index contributed by atoms with van der Waals surface area (Å²) in [4.78, 5) is 9.96. The molecule has 0 unspecified atom stereocenters. The largest absolute Gasteiger partial charge is 0.237 e. The van der Waals surface area contributed by atoms with E-state index in [1.54, 1.807) is 12.1 Å². The molecule has 0 N–H and O–H groups in total. The first kappa shape index (κ1) is 19.7. The summed E-state index contributed by atoms with van der Waals surface area (Å²) in [7, 11) is 0. The van der Waals surface area contributed by atoms with Crippen LogP contribution in [-0.2, 0) is 9.78 Å². The van der Waals surface area contributed by atoms with Crippen molar-refractivity contribution in [2.24, 2.45) is 0 Å². The van der Waals surface area contributed by atoms with Crippen molar-refractivity contribution in [3.8, 4) is 0 Å². The van der Waals surface area contributed by atoms with Gasteiger partial charge in [-0.3, -0.25) is 0 Å². The Kier molecular flexibility index (Phi) is 14.9. The Balaban J connectivity index is 0.000000388. The number of hydrogen-bond acceptors (Lipinski definition) is 2. The Bertz CT molecular complexity index is 288. The SMILES string of the molecule is CCCCCOOCCCCC.Clc1ccccc1Cl. The highest BCUT2D eigenvalue weighted by Gasteiger charge is 1.90. The van der Waals surface area contributed by atoms with Gasteiger partial charge in [-0.25, -0.2) is 9.78 Å². The van der Waals surface area contributed by atoms with Crippen molar-refractivity contribution >= 4 is 23.2 Å². The van der Waals surface area contributed by atoms with E-state index in [0.29, 0.717) is 10.0 Å². The zero-order chi connectivity index (χ0) is 15.1. The van der Waals surface area contributed by atoms with Crippen molar-refractivity contribution in [3.63, 3.8) is 0 Å². The molecule has 116 valence electrons. The summed E-state index contributed by atoms with van der Waals surface area (Å²) >= 11 is 11.2. The first-order valence-corrected chi connectivity index (χ1v) is 8.12. The topological polar surface area (TPSA) is 18.5 Å². The van der Waals surface area contributed by atoms with E-state index < -0.39 is 0 Å². The molecular formula is C16H26Cl2O2. The first-order valence-electron chi connectivity index (χ1n) is 7.36. The standard InChI is InChI=1S/C10H22O2.C6H4Cl2/c1-3-5-7-9-11-12-10-8-6-4-2;7-5-3-1-2-4-6(5)8/h3-10H2,1-2H3;1-4H. The summed E-state index contributed by atoms with van der Waals surface area (Å²) in [5, 5.41) is 1.21. The van der Waals surface area contributed by atoms with Crippen molar-refractivity contribution in [3.05, 3.63) is 34.3 Å². The van der Waals surface area contributed by atoms with Gasteiger partial charge in [0, 0.05) is 0 Å². The Morgan fingerprint density at radius 3 is 1.45 bits per heavy atom. The lowest BCUT2D eigenvalue weighted by molar-refractivity contribution is -0.295. The summed E-state index contributed by atoms with van der Waals surface area (Å²) in [6.45, 7) is 5.87. The molecule has 0 spiro atoms. The zero-order valence-corrected chi connectivity index (χ0v) is 14.1. The van der Waals surface area contributed by atoms with Gasteiger partial charge in [0.2, 0.25) is 0 Å². The summed E-state index contributed by atoms with van der Waals surface area (Å²) in [5.41, 5.74) is 0. The molecule has 1 rings (SSSR count). The normalized spacial score (nSPS) is 10.0. The second-order valence-corrected chi connectivity index (χ2v) is 5.29. The molecule has 0 aliphatic heterocycles. The maximum absolute atomic E-state index is 5.58. The number of halogens is 2.